The predicted octanol–water partition coefficient (Wildman–Crippen LogP) is 3.18. The second kappa shape index (κ2) is 4.10. The minimum atomic E-state index is -4.69. The third-order valence-corrected chi connectivity index (χ3v) is 4.14. The molecule has 0 heterocycles. The molecule has 0 saturated heterocycles. The lowest BCUT2D eigenvalue weighted by molar-refractivity contribution is 0.0736. The maximum atomic E-state index is 13.8. The Balaban J connectivity index is 2.76. The van der Waals surface area contributed by atoms with Gasteiger partial charge in [-0.15, -0.1) is 0 Å². The number of hydrogen-bond acceptors (Lipinski definition) is 1. The van der Waals surface area contributed by atoms with Crippen LogP contribution in [0, 0.1) is 0 Å². The SMILES string of the molecule is OP(O)(=S)C(F)(F)c1cccc2ccccc12. The van der Waals surface area contributed by atoms with E-state index in [9.17, 15) is 8.78 Å². The second-order valence-corrected chi connectivity index (χ2v) is 6.79. The summed E-state index contributed by atoms with van der Waals surface area (Å²) in [5, 5.41) is 0.880. The molecule has 0 spiro atoms. The first-order valence-corrected chi connectivity index (χ1v) is 7.46. The van der Waals surface area contributed by atoms with Crippen LogP contribution < -0.4 is 0 Å². The van der Waals surface area contributed by atoms with Gasteiger partial charge in [-0.25, -0.2) is 0 Å². The molecule has 0 radical (unpaired) electrons. The fraction of sp³-hybridized carbons (Fsp3) is 0.0909. The highest BCUT2D eigenvalue weighted by atomic mass is 32.5. The van der Waals surface area contributed by atoms with Crippen LogP contribution in [0.15, 0.2) is 42.5 Å². The van der Waals surface area contributed by atoms with Crippen molar-refractivity contribution < 1.29 is 18.6 Å². The van der Waals surface area contributed by atoms with Crippen molar-refractivity contribution in [3.8, 4) is 0 Å². The highest BCUT2D eigenvalue weighted by Crippen LogP contribution is 2.60. The Labute approximate surface area is 102 Å². The highest BCUT2D eigenvalue weighted by Gasteiger charge is 2.46. The lowest BCUT2D eigenvalue weighted by atomic mass is 10.1. The van der Waals surface area contributed by atoms with E-state index in [0.717, 1.165) is 6.07 Å². The van der Waals surface area contributed by atoms with E-state index in [1.165, 1.54) is 12.1 Å². The molecule has 0 atom stereocenters. The van der Waals surface area contributed by atoms with E-state index in [4.69, 9.17) is 9.79 Å². The van der Waals surface area contributed by atoms with E-state index in [1.54, 1.807) is 24.3 Å². The minimum Gasteiger partial charge on any atom is -0.341 e. The summed E-state index contributed by atoms with van der Waals surface area (Å²) in [6.45, 7) is -4.69. The molecule has 0 unspecified atom stereocenters. The Bertz CT molecular complexity index is 604. The minimum absolute atomic E-state index is 0.275. The number of fused-ring (bicyclic) bond motifs is 1. The number of rotatable bonds is 2. The maximum absolute atomic E-state index is 13.8. The molecule has 0 amide bonds. The normalized spacial score (nSPS) is 12.9. The van der Waals surface area contributed by atoms with Gasteiger partial charge in [-0.05, 0) is 22.6 Å². The first-order valence-electron chi connectivity index (χ1n) is 4.76. The molecule has 6 heteroatoms. The number of benzene rings is 2. The Morgan fingerprint density at radius 2 is 1.59 bits per heavy atom. The van der Waals surface area contributed by atoms with Crippen LogP contribution in [0.1, 0.15) is 5.56 Å². The van der Waals surface area contributed by atoms with Gasteiger partial charge in [0.2, 0.25) is 0 Å². The van der Waals surface area contributed by atoms with Crippen molar-refractivity contribution in [1.82, 2.24) is 0 Å². The van der Waals surface area contributed by atoms with E-state index < -0.39 is 17.7 Å². The third-order valence-electron chi connectivity index (χ3n) is 2.48. The van der Waals surface area contributed by atoms with Gasteiger partial charge >= 0.3 is 5.66 Å². The van der Waals surface area contributed by atoms with Crippen LogP contribution in [0.3, 0.4) is 0 Å². The molecule has 2 N–H and O–H groups in total. The molecular formula is C11H9F2O2PS. The summed E-state index contributed by atoms with van der Waals surface area (Å²) in [6.07, 6.45) is 0. The molecule has 0 bridgehead atoms. The summed E-state index contributed by atoms with van der Waals surface area (Å²) in [4.78, 5) is 18.2. The molecule has 0 aliphatic rings. The molecule has 2 aromatic rings. The zero-order valence-electron chi connectivity index (χ0n) is 8.55. The molecule has 17 heavy (non-hydrogen) atoms. The van der Waals surface area contributed by atoms with Gasteiger partial charge in [-0.1, -0.05) is 42.5 Å². The first kappa shape index (κ1) is 12.6. The number of hydrogen-bond donors (Lipinski definition) is 2. The fourth-order valence-corrected chi connectivity index (χ4v) is 2.45. The fourth-order valence-electron chi connectivity index (χ4n) is 1.64. The lowest BCUT2D eigenvalue weighted by Gasteiger charge is -2.22. The standard InChI is InChI=1S/C11H9F2O2PS/c12-11(13,16(14,15)17)10-7-3-5-8-4-1-2-6-9(8)10/h1-7H,(H2,14,15,17). The zero-order valence-corrected chi connectivity index (χ0v) is 10.3. The summed E-state index contributed by atoms with van der Waals surface area (Å²) in [6, 6.07) is 10.8. The monoisotopic (exact) mass is 274 g/mol. The molecule has 2 nitrogen and oxygen atoms in total. The van der Waals surface area contributed by atoms with Crippen LogP contribution >= 0.6 is 6.49 Å². The van der Waals surface area contributed by atoms with Crippen molar-refractivity contribution in [3.63, 3.8) is 0 Å². The Morgan fingerprint density at radius 3 is 2.24 bits per heavy atom. The van der Waals surface area contributed by atoms with Crippen LogP contribution in [0.25, 0.3) is 10.8 Å². The van der Waals surface area contributed by atoms with Gasteiger partial charge in [0.25, 0.3) is 6.49 Å². The second-order valence-electron chi connectivity index (χ2n) is 3.61. The Kier molecular flexibility index (Phi) is 3.04. The molecule has 0 aliphatic carbocycles. The average Bonchev–Trinajstić information content (AvgIpc) is 2.26. The van der Waals surface area contributed by atoms with Crippen LogP contribution in [-0.2, 0) is 17.5 Å². The summed E-state index contributed by atoms with van der Waals surface area (Å²) in [7, 11) is 0. The Morgan fingerprint density at radius 1 is 1.00 bits per heavy atom. The molecule has 0 fully saturated rings. The van der Waals surface area contributed by atoms with E-state index in [-0.39, 0.29) is 5.39 Å². The summed E-state index contributed by atoms with van der Waals surface area (Å²) in [5.74, 6) is 0. The van der Waals surface area contributed by atoms with Gasteiger partial charge in [0.05, 0.1) is 0 Å². The smallest absolute Gasteiger partial charge is 0.341 e. The van der Waals surface area contributed by atoms with Gasteiger partial charge in [0.15, 0.2) is 0 Å². The molecule has 0 saturated carbocycles. The van der Waals surface area contributed by atoms with Gasteiger partial charge in [-0.3, -0.25) is 0 Å². The Hall–Kier alpha value is -0.870. The maximum Gasteiger partial charge on any atom is 0.345 e. The summed E-state index contributed by atoms with van der Waals surface area (Å²) in [5.41, 5.74) is -4.24. The van der Waals surface area contributed by atoms with E-state index in [0.29, 0.717) is 5.39 Å². The van der Waals surface area contributed by atoms with Crippen LogP contribution in [0.2, 0.25) is 0 Å². The van der Waals surface area contributed by atoms with Crippen molar-refractivity contribution in [2.24, 2.45) is 0 Å². The van der Waals surface area contributed by atoms with Crippen LogP contribution in [0.4, 0.5) is 8.78 Å². The van der Waals surface area contributed by atoms with Crippen molar-refractivity contribution in [2.45, 2.75) is 5.66 Å². The van der Waals surface area contributed by atoms with Crippen molar-refractivity contribution in [1.29, 1.82) is 0 Å². The zero-order chi connectivity index (χ0) is 12.7. The van der Waals surface area contributed by atoms with E-state index in [1.807, 2.05) is 0 Å². The summed E-state index contributed by atoms with van der Waals surface area (Å²) >= 11 is 4.14. The largest absolute Gasteiger partial charge is 0.345 e. The molecule has 2 aromatic carbocycles. The predicted molar refractivity (Wildman–Crippen MR) is 66.6 cm³/mol. The third kappa shape index (κ3) is 2.11. The van der Waals surface area contributed by atoms with Crippen molar-refractivity contribution in [2.75, 3.05) is 0 Å². The van der Waals surface area contributed by atoms with Gasteiger partial charge in [0, 0.05) is 5.56 Å². The van der Waals surface area contributed by atoms with Gasteiger partial charge < -0.3 is 9.79 Å². The van der Waals surface area contributed by atoms with Gasteiger partial charge in [0.1, 0.15) is 0 Å². The molecule has 0 aliphatic heterocycles. The van der Waals surface area contributed by atoms with E-state index in [2.05, 4.69) is 11.8 Å². The van der Waals surface area contributed by atoms with Crippen LogP contribution in [0.5, 0.6) is 0 Å². The van der Waals surface area contributed by atoms with Crippen molar-refractivity contribution >= 4 is 29.1 Å². The van der Waals surface area contributed by atoms with Crippen LogP contribution in [-0.4, -0.2) is 9.79 Å². The average molecular weight is 274 g/mol. The molecule has 90 valence electrons. The highest BCUT2D eigenvalue weighted by molar-refractivity contribution is 8.09. The quantitative estimate of drug-likeness (QED) is 0.826. The topological polar surface area (TPSA) is 40.5 Å². The first-order chi connectivity index (χ1) is 7.84. The van der Waals surface area contributed by atoms with Gasteiger partial charge in [-0.2, -0.15) is 8.78 Å². The van der Waals surface area contributed by atoms with Crippen molar-refractivity contribution in [3.05, 3.63) is 48.0 Å². The molecule has 2 rings (SSSR count). The number of alkyl halides is 2. The van der Waals surface area contributed by atoms with E-state index >= 15 is 0 Å². The molecular weight excluding hydrogens is 265 g/mol. The number of halogens is 2. The summed E-state index contributed by atoms with van der Waals surface area (Å²) < 4.78 is 27.7. The molecule has 0 aromatic heterocycles. The lowest BCUT2D eigenvalue weighted by Crippen LogP contribution is -2.13.